The zero-order chi connectivity index (χ0) is 39.3. The molecule has 0 saturated carbocycles. The normalized spacial score (nSPS) is 16.1. The maximum atomic E-state index is 2.72. The van der Waals surface area contributed by atoms with Gasteiger partial charge in [-0.25, -0.2) is 0 Å². The highest BCUT2D eigenvalue weighted by atomic mass is 15.2. The molecule has 0 aliphatic carbocycles. The summed E-state index contributed by atoms with van der Waals surface area (Å²) in [5, 5.41) is 7.69. The van der Waals surface area contributed by atoms with Crippen LogP contribution >= 0.6 is 0 Å². The second-order valence-corrected chi connectivity index (χ2v) is 18.6. The molecule has 278 valence electrons. The van der Waals surface area contributed by atoms with Gasteiger partial charge in [0.05, 0.1) is 17.1 Å². The molecule has 0 amide bonds. The van der Waals surface area contributed by atoms with Crippen LogP contribution < -0.4 is 4.90 Å². The van der Waals surface area contributed by atoms with E-state index < -0.39 is 0 Å². The van der Waals surface area contributed by atoms with Crippen LogP contribution in [-0.4, -0.2) is 0 Å². The number of anilines is 3. The molecule has 9 aromatic carbocycles. The molecule has 3 heterocycles. The first-order chi connectivity index (χ1) is 28.0. The van der Waals surface area contributed by atoms with Crippen LogP contribution in [0.3, 0.4) is 0 Å². The lowest BCUT2D eigenvalue weighted by molar-refractivity contribution is 0.567. The lowest BCUT2D eigenvalue weighted by Crippen LogP contribution is -2.43. The Kier molecular flexibility index (Phi) is 6.60. The SMILES string of the molecule is CC1(C)c2cc(-c3cccc4ccccc34)cc3c2N2c4c1cc(-c1cccc5ccccc15)cc4C(C)(C)c1cc(-c4cccc5ccccc45)cc(c12)C3(C)C. The van der Waals surface area contributed by atoms with Crippen molar-refractivity contribution in [3.8, 4) is 33.4 Å². The zero-order valence-electron chi connectivity index (χ0n) is 34.0. The van der Waals surface area contributed by atoms with Gasteiger partial charge < -0.3 is 4.90 Å². The summed E-state index contributed by atoms with van der Waals surface area (Å²) in [6.07, 6.45) is 0. The molecule has 0 aromatic heterocycles. The summed E-state index contributed by atoms with van der Waals surface area (Å²) < 4.78 is 0. The molecule has 0 atom stereocenters. The van der Waals surface area contributed by atoms with Gasteiger partial charge in [0.25, 0.3) is 0 Å². The molecule has 0 N–H and O–H groups in total. The van der Waals surface area contributed by atoms with Crippen molar-refractivity contribution in [1.82, 2.24) is 0 Å². The molecule has 1 heteroatoms. The average molecular weight is 744 g/mol. The second-order valence-electron chi connectivity index (χ2n) is 18.6. The van der Waals surface area contributed by atoms with Crippen LogP contribution in [0, 0.1) is 0 Å². The molecule has 0 spiro atoms. The van der Waals surface area contributed by atoms with Crippen LogP contribution in [0.5, 0.6) is 0 Å². The molecule has 3 aliphatic rings. The third kappa shape index (κ3) is 4.32. The highest BCUT2D eigenvalue weighted by Gasteiger charge is 2.52. The maximum Gasteiger partial charge on any atom is 0.0544 e. The van der Waals surface area contributed by atoms with Gasteiger partial charge in [0, 0.05) is 16.2 Å². The Balaban J connectivity index is 1.23. The Labute approximate surface area is 341 Å². The standard InChI is InChI=1S/C57H45N/c1-55(2)46-28-37(43-25-13-19-34-16-7-10-22-40(34)43)30-48-52(46)58-53-47(55)29-38(44-26-14-20-35-17-8-11-23-41(35)44)31-49(53)57(5,6)51-33-39(32-50(54(51)58)56(48,3)4)45-27-15-21-36-18-9-12-24-42(36)45/h7-33H,1-6H3. The lowest BCUT2D eigenvalue weighted by Gasteiger charge is -2.55. The van der Waals surface area contributed by atoms with Crippen molar-refractivity contribution in [3.05, 3.63) is 197 Å². The third-order valence-electron chi connectivity index (χ3n) is 14.3. The van der Waals surface area contributed by atoms with E-state index >= 15 is 0 Å². The van der Waals surface area contributed by atoms with Gasteiger partial charge in [-0.1, -0.05) is 169 Å². The molecular weight excluding hydrogens is 699 g/mol. The van der Waals surface area contributed by atoms with E-state index in [1.54, 1.807) is 0 Å². The van der Waals surface area contributed by atoms with Gasteiger partial charge in [-0.05, 0) is 135 Å². The van der Waals surface area contributed by atoms with Crippen molar-refractivity contribution >= 4 is 49.4 Å². The Bertz CT molecular complexity index is 2820. The molecule has 0 bridgehead atoms. The highest BCUT2D eigenvalue weighted by Crippen LogP contribution is 2.67. The predicted octanol–water partition coefficient (Wildman–Crippen LogP) is 15.5. The third-order valence-corrected chi connectivity index (χ3v) is 14.3. The molecule has 0 fully saturated rings. The molecule has 1 nitrogen and oxygen atoms in total. The number of fused-ring (bicyclic) bond motifs is 3. The van der Waals surface area contributed by atoms with Gasteiger partial charge in [-0.3, -0.25) is 0 Å². The van der Waals surface area contributed by atoms with Crippen molar-refractivity contribution in [1.29, 1.82) is 0 Å². The Hall–Kier alpha value is -6.44. The Morgan fingerprint density at radius 2 is 0.534 bits per heavy atom. The van der Waals surface area contributed by atoms with Crippen LogP contribution in [-0.2, 0) is 16.2 Å². The van der Waals surface area contributed by atoms with Crippen LogP contribution in [0.15, 0.2) is 164 Å². The molecular formula is C57H45N. The summed E-state index contributed by atoms with van der Waals surface area (Å²) in [6, 6.07) is 62.2. The molecule has 58 heavy (non-hydrogen) atoms. The first kappa shape index (κ1) is 33.7. The van der Waals surface area contributed by atoms with E-state index in [1.807, 2.05) is 0 Å². The predicted molar refractivity (Wildman–Crippen MR) is 246 cm³/mol. The molecule has 3 aliphatic heterocycles. The van der Waals surface area contributed by atoms with Crippen LogP contribution in [0.25, 0.3) is 65.7 Å². The van der Waals surface area contributed by atoms with E-state index in [0.717, 1.165) is 0 Å². The fourth-order valence-corrected chi connectivity index (χ4v) is 11.2. The largest absolute Gasteiger partial charge is 0.309 e. The molecule has 0 unspecified atom stereocenters. The maximum absolute atomic E-state index is 2.72. The summed E-state index contributed by atoms with van der Waals surface area (Å²) in [7, 11) is 0. The van der Waals surface area contributed by atoms with Crippen molar-refractivity contribution in [2.45, 2.75) is 57.8 Å². The quantitative estimate of drug-likeness (QED) is 0.174. The van der Waals surface area contributed by atoms with Crippen molar-refractivity contribution in [2.24, 2.45) is 0 Å². The first-order valence-corrected chi connectivity index (χ1v) is 20.8. The number of nitrogens with zero attached hydrogens (tertiary/aromatic N) is 1. The van der Waals surface area contributed by atoms with Crippen LogP contribution in [0.2, 0.25) is 0 Å². The number of hydrogen-bond acceptors (Lipinski definition) is 1. The monoisotopic (exact) mass is 743 g/mol. The fourth-order valence-electron chi connectivity index (χ4n) is 11.2. The summed E-state index contributed by atoms with van der Waals surface area (Å²) in [6.45, 7) is 14.9. The van der Waals surface area contributed by atoms with Gasteiger partial charge in [0.2, 0.25) is 0 Å². The van der Waals surface area contributed by atoms with E-state index in [0.29, 0.717) is 0 Å². The van der Waals surface area contributed by atoms with E-state index in [2.05, 4.69) is 210 Å². The van der Waals surface area contributed by atoms with E-state index in [4.69, 9.17) is 0 Å². The minimum Gasteiger partial charge on any atom is -0.309 e. The fraction of sp³-hybridized carbons (Fsp3) is 0.158. The van der Waals surface area contributed by atoms with Crippen LogP contribution in [0.1, 0.15) is 74.9 Å². The molecule has 0 radical (unpaired) electrons. The van der Waals surface area contributed by atoms with E-state index in [1.165, 1.54) is 116 Å². The van der Waals surface area contributed by atoms with Gasteiger partial charge in [0.1, 0.15) is 0 Å². The minimum absolute atomic E-state index is 0.282. The van der Waals surface area contributed by atoms with Crippen molar-refractivity contribution in [3.63, 3.8) is 0 Å². The first-order valence-electron chi connectivity index (χ1n) is 20.8. The van der Waals surface area contributed by atoms with Gasteiger partial charge in [-0.2, -0.15) is 0 Å². The number of benzene rings is 9. The average Bonchev–Trinajstić information content (AvgIpc) is 3.24. The topological polar surface area (TPSA) is 3.24 Å². The summed E-state index contributed by atoms with van der Waals surface area (Å²) in [4.78, 5) is 2.72. The number of rotatable bonds is 3. The lowest BCUT2D eigenvalue weighted by atomic mass is 9.59. The Morgan fingerprint density at radius 3 is 0.810 bits per heavy atom. The summed E-state index contributed by atoms with van der Waals surface area (Å²) in [5.74, 6) is 0. The summed E-state index contributed by atoms with van der Waals surface area (Å²) in [5.41, 5.74) is 19.3. The minimum atomic E-state index is -0.282. The zero-order valence-corrected chi connectivity index (χ0v) is 34.0. The highest BCUT2D eigenvalue weighted by molar-refractivity contribution is 6.05. The molecule has 12 rings (SSSR count). The van der Waals surface area contributed by atoms with Gasteiger partial charge in [-0.15, -0.1) is 0 Å². The van der Waals surface area contributed by atoms with Gasteiger partial charge >= 0.3 is 0 Å². The Morgan fingerprint density at radius 1 is 0.293 bits per heavy atom. The summed E-state index contributed by atoms with van der Waals surface area (Å²) >= 11 is 0. The van der Waals surface area contributed by atoms with Crippen molar-refractivity contribution < 1.29 is 0 Å². The van der Waals surface area contributed by atoms with Gasteiger partial charge in [0.15, 0.2) is 0 Å². The van der Waals surface area contributed by atoms with Crippen LogP contribution in [0.4, 0.5) is 17.1 Å². The smallest absolute Gasteiger partial charge is 0.0544 e. The molecule has 9 aromatic rings. The van der Waals surface area contributed by atoms with E-state index in [9.17, 15) is 0 Å². The second kappa shape index (κ2) is 11.4. The molecule has 0 saturated heterocycles. The van der Waals surface area contributed by atoms with E-state index in [-0.39, 0.29) is 16.2 Å². The number of hydrogen-bond donors (Lipinski definition) is 0. The van der Waals surface area contributed by atoms with Crippen molar-refractivity contribution in [2.75, 3.05) is 4.90 Å².